The summed E-state index contributed by atoms with van der Waals surface area (Å²) in [6.07, 6.45) is 0. The average molecular weight is 353 g/mol. The minimum Gasteiger partial charge on any atom is -0.310 e. The van der Waals surface area contributed by atoms with E-state index in [0.717, 1.165) is 17.9 Å². The van der Waals surface area contributed by atoms with Crippen LogP contribution in [0.2, 0.25) is 0 Å². The third-order valence-corrected chi connectivity index (χ3v) is 3.74. The van der Waals surface area contributed by atoms with E-state index in [0.29, 0.717) is 22.6 Å². The second-order valence-electron chi connectivity index (χ2n) is 5.28. The van der Waals surface area contributed by atoms with Gasteiger partial charge in [-0.2, -0.15) is 0 Å². The fourth-order valence-electron chi connectivity index (χ4n) is 2.25. The summed E-state index contributed by atoms with van der Waals surface area (Å²) in [5.74, 6) is 1.93. The van der Waals surface area contributed by atoms with Gasteiger partial charge in [0.15, 0.2) is 5.82 Å². The lowest BCUT2D eigenvalue weighted by Crippen LogP contribution is -2.10. The number of nitro benzene ring substituents is 1. The molecule has 0 aliphatic rings. The molecule has 0 bridgehead atoms. The van der Waals surface area contributed by atoms with E-state index in [-0.39, 0.29) is 10.6 Å². The fourth-order valence-corrected chi connectivity index (χ4v) is 2.67. The zero-order valence-corrected chi connectivity index (χ0v) is 13.8. The van der Waals surface area contributed by atoms with Crippen LogP contribution in [0.1, 0.15) is 25.2 Å². The lowest BCUT2D eigenvalue weighted by atomic mass is 10.1. The van der Waals surface area contributed by atoms with E-state index < -0.39 is 0 Å². The number of hydrogen-bond donors (Lipinski definition) is 0. The number of aromatic nitrogens is 3. The normalized spacial score (nSPS) is 11.1. The molecule has 0 N–H and O–H groups in total. The first kappa shape index (κ1) is 15.6. The van der Waals surface area contributed by atoms with Gasteiger partial charge >= 0.3 is 0 Å². The topological polar surface area (TPSA) is 73.8 Å². The van der Waals surface area contributed by atoms with Crippen LogP contribution in [0.5, 0.6) is 0 Å². The smallest absolute Gasteiger partial charge is 0.273 e. The van der Waals surface area contributed by atoms with Crippen molar-refractivity contribution in [3.8, 4) is 11.4 Å². The Kier molecular flexibility index (Phi) is 4.72. The fraction of sp³-hybridized carbons (Fsp3) is 0.429. The Hall–Kier alpha value is -1.76. The van der Waals surface area contributed by atoms with Crippen LogP contribution in [0.25, 0.3) is 11.4 Å². The van der Waals surface area contributed by atoms with Crippen LogP contribution in [0, 0.1) is 23.0 Å². The van der Waals surface area contributed by atoms with Gasteiger partial charge in [0.05, 0.1) is 10.3 Å². The van der Waals surface area contributed by atoms with Crippen molar-refractivity contribution in [3.63, 3.8) is 0 Å². The average Bonchev–Trinajstić information content (AvgIpc) is 2.80. The first-order valence-corrected chi connectivity index (χ1v) is 7.80. The molecule has 2 aromatic rings. The molecule has 0 amide bonds. The minimum atomic E-state index is -0.368. The van der Waals surface area contributed by atoms with Crippen LogP contribution in [0.15, 0.2) is 18.2 Å². The van der Waals surface area contributed by atoms with Crippen LogP contribution in [0.3, 0.4) is 0 Å². The first-order valence-electron chi connectivity index (χ1n) is 6.68. The Morgan fingerprint density at radius 2 is 2.10 bits per heavy atom. The van der Waals surface area contributed by atoms with Crippen LogP contribution in [-0.2, 0) is 11.9 Å². The van der Waals surface area contributed by atoms with Gasteiger partial charge in [-0.05, 0) is 12.8 Å². The molecule has 6 nitrogen and oxygen atoms in total. The van der Waals surface area contributed by atoms with E-state index >= 15 is 0 Å². The molecule has 7 heteroatoms. The molecule has 0 saturated heterocycles. The highest BCUT2D eigenvalue weighted by Gasteiger charge is 2.20. The maximum atomic E-state index is 11.1. The summed E-state index contributed by atoms with van der Waals surface area (Å²) in [7, 11) is 0. The molecule has 0 atom stereocenters. The third-order valence-electron chi connectivity index (χ3n) is 3.24. The predicted octanol–water partition coefficient (Wildman–Crippen LogP) is 3.71. The quantitative estimate of drug-likeness (QED) is 0.467. The second kappa shape index (κ2) is 6.34. The van der Waals surface area contributed by atoms with E-state index in [9.17, 15) is 10.1 Å². The summed E-state index contributed by atoms with van der Waals surface area (Å²) in [4.78, 5) is 10.7. The van der Waals surface area contributed by atoms with Gasteiger partial charge < -0.3 is 4.57 Å². The van der Waals surface area contributed by atoms with E-state index in [1.807, 2.05) is 10.6 Å². The number of alkyl halides is 1. The van der Waals surface area contributed by atoms with Crippen molar-refractivity contribution in [3.05, 3.63) is 39.7 Å². The maximum Gasteiger partial charge on any atom is 0.273 e. The Bertz CT molecular complexity index is 667. The van der Waals surface area contributed by atoms with Gasteiger partial charge in [-0.15, -0.1) is 10.2 Å². The number of rotatable bonds is 5. The molecule has 0 spiro atoms. The molecule has 1 heterocycles. The van der Waals surface area contributed by atoms with Gasteiger partial charge in [-0.3, -0.25) is 10.1 Å². The number of halogens is 1. The number of nitro groups is 1. The molecule has 0 unspecified atom stereocenters. The van der Waals surface area contributed by atoms with Crippen LogP contribution in [-0.4, -0.2) is 19.7 Å². The van der Waals surface area contributed by atoms with Crippen molar-refractivity contribution < 1.29 is 4.92 Å². The van der Waals surface area contributed by atoms with E-state index in [1.54, 1.807) is 13.0 Å². The van der Waals surface area contributed by atoms with Crippen LogP contribution < -0.4 is 0 Å². The Balaban J connectivity index is 2.59. The summed E-state index contributed by atoms with van der Waals surface area (Å²) >= 11 is 3.41. The van der Waals surface area contributed by atoms with Gasteiger partial charge in [0.25, 0.3) is 5.69 Å². The van der Waals surface area contributed by atoms with Crippen LogP contribution in [0.4, 0.5) is 5.69 Å². The van der Waals surface area contributed by atoms with E-state index in [1.165, 1.54) is 6.07 Å². The molecule has 0 aliphatic heterocycles. The van der Waals surface area contributed by atoms with E-state index in [2.05, 4.69) is 40.0 Å². The molecule has 21 heavy (non-hydrogen) atoms. The summed E-state index contributed by atoms with van der Waals surface area (Å²) in [5.41, 5.74) is 1.47. The third kappa shape index (κ3) is 3.12. The molecule has 0 saturated carbocycles. The number of benzene rings is 1. The zero-order valence-electron chi connectivity index (χ0n) is 12.2. The summed E-state index contributed by atoms with van der Waals surface area (Å²) < 4.78 is 2.02. The molecule has 0 fully saturated rings. The van der Waals surface area contributed by atoms with Gasteiger partial charge in [0, 0.05) is 23.7 Å². The highest BCUT2D eigenvalue weighted by molar-refractivity contribution is 9.08. The largest absolute Gasteiger partial charge is 0.310 e. The van der Waals surface area contributed by atoms with Crippen molar-refractivity contribution in [2.75, 3.05) is 0 Å². The number of nitrogens with zero attached hydrogens (tertiary/aromatic N) is 4. The maximum absolute atomic E-state index is 11.1. The Morgan fingerprint density at radius 1 is 1.38 bits per heavy atom. The molecule has 0 radical (unpaired) electrons. The lowest BCUT2D eigenvalue weighted by Gasteiger charge is -2.13. The minimum absolute atomic E-state index is 0.104. The zero-order chi connectivity index (χ0) is 15.6. The predicted molar refractivity (Wildman–Crippen MR) is 84.3 cm³/mol. The van der Waals surface area contributed by atoms with E-state index in [4.69, 9.17) is 0 Å². The summed E-state index contributed by atoms with van der Waals surface area (Å²) in [6.45, 7) is 6.74. The van der Waals surface area contributed by atoms with Crippen molar-refractivity contribution in [1.29, 1.82) is 0 Å². The standard InChI is InChI=1S/C14H17BrN4O2/c1-9(2)8-18-13(7-15)16-17-14(18)11-5-4-6-12(10(11)3)19(20)21/h4-6,9H,7-8H2,1-3H3. The summed E-state index contributed by atoms with van der Waals surface area (Å²) in [5, 5.41) is 20.1. The highest BCUT2D eigenvalue weighted by Crippen LogP contribution is 2.29. The van der Waals surface area contributed by atoms with Crippen molar-refractivity contribution in [2.24, 2.45) is 5.92 Å². The van der Waals surface area contributed by atoms with Gasteiger partial charge in [-0.1, -0.05) is 41.9 Å². The molecule has 1 aromatic heterocycles. The lowest BCUT2D eigenvalue weighted by molar-refractivity contribution is -0.385. The summed E-state index contributed by atoms with van der Waals surface area (Å²) in [6, 6.07) is 5.04. The molecule has 2 rings (SSSR count). The highest BCUT2D eigenvalue weighted by atomic mass is 79.9. The van der Waals surface area contributed by atoms with Gasteiger partial charge in [0.1, 0.15) is 5.82 Å². The molecule has 1 aromatic carbocycles. The van der Waals surface area contributed by atoms with Crippen LogP contribution >= 0.6 is 15.9 Å². The number of hydrogen-bond acceptors (Lipinski definition) is 4. The Morgan fingerprint density at radius 3 is 2.67 bits per heavy atom. The molecule has 112 valence electrons. The van der Waals surface area contributed by atoms with Gasteiger partial charge in [-0.25, -0.2) is 0 Å². The SMILES string of the molecule is Cc1c(-c2nnc(CBr)n2CC(C)C)cccc1[N+](=O)[O-]. The monoisotopic (exact) mass is 352 g/mol. The van der Waals surface area contributed by atoms with Crippen molar-refractivity contribution in [2.45, 2.75) is 32.6 Å². The second-order valence-corrected chi connectivity index (χ2v) is 5.85. The van der Waals surface area contributed by atoms with Crippen molar-refractivity contribution >= 4 is 21.6 Å². The van der Waals surface area contributed by atoms with Gasteiger partial charge in [0.2, 0.25) is 0 Å². The molecular formula is C14H17BrN4O2. The Labute approximate surface area is 131 Å². The first-order chi connectivity index (χ1) is 9.95. The molecule has 0 aliphatic carbocycles. The molecular weight excluding hydrogens is 336 g/mol. The van der Waals surface area contributed by atoms with Crippen molar-refractivity contribution in [1.82, 2.24) is 14.8 Å².